The SMILES string of the molecule is CCCCC(CN)NC(=O)C(NC(C)=O)C1CCCC1.Cl. The van der Waals surface area contributed by atoms with Crippen LogP contribution in [0.5, 0.6) is 0 Å². The Balaban J connectivity index is 0.00000400. The molecule has 0 aromatic rings. The molecule has 124 valence electrons. The fourth-order valence-corrected chi connectivity index (χ4v) is 2.90. The third kappa shape index (κ3) is 7.14. The quantitative estimate of drug-likeness (QED) is 0.637. The Kier molecular flexibility index (Phi) is 10.4. The summed E-state index contributed by atoms with van der Waals surface area (Å²) in [5, 5.41) is 5.82. The molecule has 4 N–H and O–H groups in total. The van der Waals surface area contributed by atoms with E-state index in [1.54, 1.807) is 0 Å². The highest BCUT2D eigenvalue weighted by Gasteiger charge is 2.31. The number of rotatable bonds is 8. The van der Waals surface area contributed by atoms with Gasteiger partial charge in [0.25, 0.3) is 0 Å². The van der Waals surface area contributed by atoms with Crippen molar-refractivity contribution in [2.75, 3.05) is 6.54 Å². The first-order valence-electron chi connectivity index (χ1n) is 7.86. The van der Waals surface area contributed by atoms with Crippen LogP contribution in [0.1, 0.15) is 58.8 Å². The molecule has 1 rings (SSSR count). The van der Waals surface area contributed by atoms with Gasteiger partial charge in [-0.2, -0.15) is 0 Å². The zero-order valence-electron chi connectivity index (χ0n) is 13.2. The van der Waals surface area contributed by atoms with Gasteiger partial charge in [-0.25, -0.2) is 0 Å². The van der Waals surface area contributed by atoms with Crippen molar-refractivity contribution < 1.29 is 9.59 Å². The Morgan fingerprint density at radius 3 is 2.33 bits per heavy atom. The number of carbonyl (C=O) groups is 2. The number of nitrogens with one attached hydrogen (secondary N) is 2. The minimum atomic E-state index is -0.398. The second kappa shape index (κ2) is 10.9. The summed E-state index contributed by atoms with van der Waals surface area (Å²) in [5.74, 6) is 0.0528. The third-order valence-electron chi connectivity index (χ3n) is 4.05. The molecule has 0 spiro atoms. The van der Waals surface area contributed by atoms with Gasteiger partial charge in [0.15, 0.2) is 0 Å². The third-order valence-corrected chi connectivity index (χ3v) is 4.05. The molecule has 0 aromatic heterocycles. The number of hydrogen-bond acceptors (Lipinski definition) is 3. The van der Waals surface area contributed by atoms with Gasteiger partial charge in [0.2, 0.25) is 11.8 Å². The van der Waals surface area contributed by atoms with Crippen molar-refractivity contribution in [3.63, 3.8) is 0 Å². The first-order chi connectivity index (χ1) is 9.58. The van der Waals surface area contributed by atoms with Crippen molar-refractivity contribution in [3.8, 4) is 0 Å². The van der Waals surface area contributed by atoms with Gasteiger partial charge in [-0.05, 0) is 25.2 Å². The average Bonchev–Trinajstić information content (AvgIpc) is 2.94. The van der Waals surface area contributed by atoms with Crippen molar-refractivity contribution in [2.24, 2.45) is 11.7 Å². The molecule has 1 aliphatic carbocycles. The molecule has 2 unspecified atom stereocenters. The van der Waals surface area contributed by atoms with Crippen LogP contribution >= 0.6 is 12.4 Å². The molecule has 21 heavy (non-hydrogen) atoms. The van der Waals surface area contributed by atoms with Crippen LogP contribution in [-0.2, 0) is 9.59 Å². The van der Waals surface area contributed by atoms with Gasteiger partial charge in [-0.15, -0.1) is 12.4 Å². The Morgan fingerprint density at radius 2 is 1.86 bits per heavy atom. The maximum Gasteiger partial charge on any atom is 0.243 e. The molecule has 1 saturated carbocycles. The first kappa shape index (κ1) is 20.2. The van der Waals surface area contributed by atoms with Crippen molar-refractivity contribution in [2.45, 2.75) is 70.9 Å². The standard InChI is InChI=1S/C15H29N3O2.ClH/c1-3-4-9-13(10-16)18-15(20)14(17-11(2)19)12-7-5-6-8-12;/h12-14H,3-10,16H2,1-2H3,(H,17,19)(H,18,20);1H. The highest BCUT2D eigenvalue weighted by atomic mass is 35.5. The number of carbonyl (C=O) groups excluding carboxylic acids is 2. The summed E-state index contributed by atoms with van der Waals surface area (Å²) < 4.78 is 0. The molecule has 6 heteroatoms. The van der Waals surface area contributed by atoms with Crippen LogP contribution in [0.3, 0.4) is 0 Å². The van der Waals surface area contributed by atoms with Crippen LogP contribution in [0.15, 0.2) is 0 Å². The zero-order valence-corrected chi connectivity index (χ0v) is 14.0. The van der Waals surface area contributed by atoms with E-state index in [0.29, 0.717) is 6.54 Å². The Hall–Kier alpha value is -0.810. The van der Waals surface area contributed by atoms with Gasteiger partial charge < -0.3 is 16.4 Å². The predicted octanol–water partition coefficient (Wildman–Crippen LogP) is 1.74. The van der Waals surface area contributed by atoms with Crippen molar-refractivity contribution in [3.05, 3.63) is 0 Å². The summed E-state index contributed by atoms with van der Waals surface area (Å²) in [4.78, 5) is 23.7. The maximum atomic E-state index is 12.4. The molecule has 0 aliphatic heterocycles. The van der Waals surface area contributed by atoms with E-state index in [9.17, 15) is 9.59 Å². The Bertz CT molecular complexity index is 320. The second-order valence-corrected chi connectivity index (χ2v) is 5.81. The minimum absolute atomic E-state index is 0. The van der Waals surface area contributed by atoms with Gasteiger partial charge in [-0.1, -0.05) is 32.6 Å². The van der Waals surface area contributed by atoms with E-state index in [-0.39, 0.29) is 36.2 Å². The fraction of sp³-hybridized carbons (Fsp3) is 0.867. The summed E-state index contributed by atoms with van der Waals surface area (Å²) in [6, 6.07) is -0.384. The molecule has 0 radical (unpaired) electrons. The van der Waals surface area contributed by atoms with E-state index >= 15 is 0 Å². The number of nitrogens with two attached hydrogens (primary N) is 1. The largest absolute Gasteiger partial charge is 0.350 e. The van der Waals surface area contributed by atoms with Gasteiger partial charge >= 0.3 is 0 Å². The molecule has 2 amide bonds. The highest BCUT2D eigenvalue weighted by Crippen LogP contribution is 2.28. The van der Waals surface area contributed by atoms with E-state index in [2.05, 4.69) is 17.6 Å². The lowest BCUT2D eigenvalue weighted by molar-refractivity contribution is -0.129. The van der Waals surface area contributed by atoms with Gasteiger partial charge in [0.05, 0.1) is 0 Å². The first-order valence-corrected chi connectivity index (χ1v) is 7.86. The van der Waals surface area contributed by atoms with Crippen LogP contribution in [-0.4, -0.2) is 30.4 Å². The van der Waals surface area contributed by atoms with E-state index in [0.717, 1.165) is 44.9 Å². The number of hydrogen-bond donors (Lipinski definition) is 3. The monoisotopic (exact) mass is 319 g/mol. The predicted molar refractivity (Wildman–Crippen MR) is 87.3 cm³/mol. The van der Waals surface area contributed by atoms with Gasteiger partial charge in [0, 0.05) is 19.5 Å². The average molecular weight is 320 g/mol. The summed E-state index contributed by atoms with van der Waals surface area (Å²) in [6.45, 7) is 4.03. The van der Waals surface area contributed by atoms with Crippen LogP contribution in [0, 0.1) is 5.92 Å². The molecule has 0 aromatic carbocycles. The summed E-state index contributed by atoms with van der Waals surface area (Å²) in [6.07, 6.45) is 7.35. The lowest BCUT2D eigenvalue weighted by Crippen LogP contribution is -2.53. The molecular formula is C15H30ClN3O2. The van der Waals surface area contributed by atoms with E-state index in [4.69, 9.17) is 5.73 Å². The molecular weight excluding hydrogens is 290 g/mol. The van der Waals surface area contributed by atoms with Gasteiger partial charge in [0.1, 0.15) is 6.04 Å². The zero-order chi connectivity index (χ0) is 15.0. The second-order valence-electron chi connectivity index (χ2n) is 5.81. The van der Waals surface area contributed by atoms with E-state index in [1.165, 1.54) is 6.92 Å². The van der Waals surface area contributed by atoms with Crippen molar-refractivity contribution in [1.29, 1.82) is 0 Å². The smallest absolute Gasteiger partial charge is 0.243 e. The number of halogens is 1. The molecule has 2 atom stereocenters. The fourth-order valence-electron chi connectivity index (χ4n) is 2.90. The molecule has 0 bridgehead atoms. The molecule has 1 aliphatic rings. The number of amides is 2. The van der Waals surface area contributed by atoms with Crippen LogP contribution in [0.4, 0.5) is 0 Å². The Labute approximate surface area is 134 Å². The minimum Gasteiger partial charge on any atom is -0.350 e. The summed E-state index contributed by atoms with van der Waals surface area (Å²) in [5.41, 5.74) is 5.71. The van der Waals surface area contributed by atoms with Crippen LogP contribution < -0.4 is 16.4 Å². The summed E-state index contributed by atoms with van der Waals surface area (Å²) in [7, 11) is 0. The highest BCUT2D eigenvalue weighted by molar-refractivity contribution is 5.87. The van der Waals surface area contributed by atoms with Gasteiger partial charge in [-0.3, -0.25) is 9.59 Å². The normalized spacial score (nSPS) is 17.7. The van der Waals surface area contributed by atoms with E-state index < -0.39 is 6.04 Å². The van der Waals surface area contributed by atoms with Crippen LogP contribution in [0.2, 0.25) is 0 Å². The molecule has 1 fully saturated rings. The lowest BCUT2D eigenvalue weighted by Gasteiger charge is -2.26. The summed E-state index contributed by atoms with van der Waals surface area (Å²) >= 11 is 0. The van der Waals surface area contributed by atoms with Crippen LogP contribution in [0.25, 0.3) is 0 Å². The molecule has 5 nitrogen and oxygen atoms in total. The molecule has 0 saturated heterocycles. The van der Waals surface area contributed by atoms with Crippen molar-refractivity contribution in [1.82, 2.24) is 10.6 Å². The van der Waals surface area contributed by atoms with Crippen molar-refractivity contribution >= 4 is 24.2 Å². The van der Waals surface area contributed by atoms with E-state index in [1.807, 2.05) is 0 Å². The maximum absolute atomic E-state index is 12.4. The Morgan fingerprint density at radius 1 is 1.24 bits per heavy atom. The molecule has 0 heterocycles. The number of unbranched alkanes of at least 4 members (excludes halogenated alkanes) is 1. The lowest BCUT2D eigenvalue weighted by atomic mass is 9.96. The topological polar surface area (TPSA) is 84.2 Å².